The molecule has 286 valence electrons. The van der Waals surface area contributed by atoms with Gasteiger partial charge in [-0.05, 0) is 107 Å². The SMILES string of the molecule is c1ccc(-n2c3ccc(-c4cncc(C5=NCCO5)c4)cc3c3cc(-c4ccc5c(c4)c4cc(-c6cncc(C7=NCCO7)c6)ccc4n5-c4ccccc4)ccc32)cc1. The maximum Gasteiger partial charge on any atom is 0.217 e. The fraction of sp³-hybridized carbons (Fsp3) is 0.0769. The van der Waals surface area contributed by atoms with Gasteiger partial charge in [-0.2, -0.15) is 0 Å². The number of nitrogens with zero attached hydrogens (tertiary/aromatic N) is 6. The maximum absolute atomic E-state index is 5.78. The highest BCUT2D eigenvalue weighted by atomic mass is 16.5. The third-order valence-corrected chi connectivity index (χ3v) is 11.7. The topological polar surface area (TPSA) is 78.8 Å². The molecule has 10 aromatic rings. The Labute approximate surface area is 345 Å². The number of rotatable bonds is 7. The van der Waals surface area contributed by atoms with E-state index in [1.165, 1.54) is 21.5 Å². The van der Waals surface area contributed by atoms with Crippen LogP contribution in [0.15, 0.2) is 180 Å². The number of fused-ring (bicyclic) bond motifs is 6. The third kappa shape index (κ3) is 5.67. The van der Waals surface area contributed by atoms with Crippen LogP contribution in [0.2, 0.25) is 0 Å². The van der Waals surface area contributed by atoms with Crippen molar-refractivity contribution in [2.24, 2.45) is 9.98 Å². The Bertz CT molecular complexity index is 3160. The van der Waals surface area contributed by atoms with Gasteiger partial charge in [0.05, 0.1) is 46.3 Å². The Hall–Kier alpha value is -7.84. The molecule has 8 nitrogen and oxygen atoms in total. The summed E-state index contributed by atoms with van der Waals surface area (Å²) < 4.78 is 16.3. The molecule has 6 aromatic carbocycles. The van der Waals surface area contributed by atoms with Crippen molar-refractivity contribution in [3.63, 3.8) is 0 Å². The Kier molecular flexibility index (Phi) is 7.94. The molecule has 0 spiro atoms. The molecule has 0 radical (unpaired) electrons. The van der Waals surface area contributed by atoms with Crippen molar-refractivity contribution < 1.29 is 9.47 Å². The number of hydrogen-bond donors (Lipinski definition) is 0. The van der Waals surface area contributed by atoms with E-state index in [4.69, 9.17) is 9.47 Å². The van der Waals surface area contributed by atoms with Gasteiger partial charge in [0.15, 0.2) is 0 Å². The minimum absolute atomic E-state index is 0.606. The predicted octanol–water partition coefficient (Wildman–Crippen LogP) is 11.2. The number of hydrogen-bond acceptors (Lipinski definition) is 6. The molecule has 0 unspecified atom stereocenters. The number of benzene rings is 6. The van der Waals surface area contributed by atoms with Crippen LogP contribution >= 0.6 is 0 Å². The molecule has 0 saturated carbocycles. The molecule has 0 bridgehead atoms. The molecule has 8 heteroatoms. The quantitative estimate of drug-likeness (QED) is 0.161. The summed E-state index contributed by atoms with van der Waals surface area (Å²) in [6.07, 6.45) is 7.48. The lowest BCUT2D eigenvalue weighted by atomic mass is 9.98. The van der Waals surface area contributed by atoms with Crippen LogP contribution in [0.3, 0.4) is 0 Å². The van der Waals surface area contributed by atoms with Crippen molar-refractivity contribution in [2.75, 3.05) is 26.3 Å². The van der Waals surface area contributed by atoms with E-state index in [9.17, 15) is 0 Å². The minimum atomic E-state index is 0.606. The van der Waals surface area contributed by atoms with Gasteiger partial charge >= 0.3 is 0 Å². The molecule has 0 saturated heterocycles. The van der Waals surface area contributed by atoms with E-state index in [1.54, 1.807) is 0 Å². The van der Waals surface area contributed by atoms with Crippen molar-refractivity contribution in [3.8, 4) is 44.8 Å². The summed E-state index contributed by atoms with van der Waals surface area (Å²) >= 11 is 0. The van der Waals surface area contributed by atoms with Crippen LogP contribution in [0.4, 0.5) is 0 Å². The largest absolute Gasteiger partial charge is 0.475 e. The normalized spacial score (nSPS) is 13.9. The van der Waals surface area contributed by atoms with Crippen molar-refractivity contribution in [3.05, 3.63) is 182 Å². The van der Waals surface area contributed by atoms with E-state index in [1.807, 2.05) is 24.8 Å². The van der Waals surface area contributed by atoms with E-state index in [0.717, 1.165) is 77.9 Å². The van der Waals surface area contributed by atoms with Gasteiger partial charge in [0, 0.05) is 68.8 Å². The van der Waals surface area contributed by atoms with Gasteiger partial charge in [-0.25, -0.2) is 9.98 Å². The van der Waals surface area contributed by atoms with E-state index >= 15 is 0 Å². The van der Waals surface area contributed by atoms with Crippen LogP contribution in [-0.4, -0.2) is 57.2 Å². The average Bonchev–Trinajstić information content (AvgIpc) is 4.16. The Morgan fingerprint density at radius 1 is 0.350 bits per heavy atom. The molecule has 4 aromatic heterocycles. The van der Waals surface area contributed by atoms with Crippen molar-refractivity contribution in [1.82, 2.24) is 19.1 Å². The summed E-state index contributed by atoms with van der Waals surface area (Å²) in [6, 6.07) is 52.6. The number of aliphatic imine (C=N–C) groups is 2. The first-order valence-corrected chi connectivity index (χ1v) is 20.3. The van der Waals surface area contributed by atoms with Crippen LogP contribution < -0.4 is 0 Å². The Balaban J connectivity index is 1.03. The number of ether oxygens (including phenoxy) is 2. The first-order chi connectivity index (χ1) is 29.7. The van der Waals surface area contributed by atoms with Crippen LogP contribution in [0.5, 0.6) is 0 Å². The lowest BCUT2D eigenvalue weighted by Crippen LogP contribution is -2.01. The number of aromatic nitrogens is 4. The van der Waals surface area contributed by atoms with Gasteiger partial charge in [0.1, 0.15) is 13.2 Å². The van der Waals surface area contributed by atoms with Gasteiger partial charge < -0.3 is 18.6 Å². The smallest absolute Gasteiger partial charge is 0.217 e. The first kappa shape index (κ1) is 34.2. The lowest BCUT2D eigenvalue weighted by molar-refractivity contribution is 0.348. The second-order valence-corrected chi connectivity index (χ2v) is 15.3. The predicted molar refractivity (Wildman–Crippen MR) is 242 cm³/mol. The monoisotopic (exact) mass is 776 g/mol. The minimum Gasteiger partial charge on any atom is -0.475 e. The average molecular weight is 777 g/mol. The summed E-state index contributed by atoms with van der Waals surface area (Å²) in [7, 11) is 0. The fourth-order valence-electron chi connectivity index (χ4n) is 8.92. The highest BCUT2D eigenvalue weighted by Gasteiger charge is 2.19. The first-order valence-electron chi connectivity index (χ1n) is 20.3. The summed E-state index contributed by atoms with van der Waals surface area (Å²) in [5.74, 6) is 1.32. The zero-order valence-electron chi connectivity index (χ0n) is 32.5. The summed E-state index contributed by atoms with van der Waals surface area (Å²) in [5.41, 5.74) is 15.1. The highest BCUT2D eigenvalue weighted by Crippen LogP contribution is 2.40. The van der Waals surface area contributed by atoms with Crippen molar-refractivity contribution >= 4 is 55.4 Å². The van der Waals surface area contributed by atoms with Gasteiger partial charge in [0.25, 0.3) is 0 Å². The molecule has 0 amide bonds. The molecule has 0 N–H and O–H groups in total. The third-order valence-electron chi connectivity index (χ3n) is 11.7. The summed E-state index contributed by atoms with van der Waals surface area (Å²) in [5, 5.41) is 4.70. The molecule has 6 heterocycles. The number of pyridine rings is 2. The Morgan fingerprint density at radius 3 is 1.05 bits per heavy atom. The zero-order chi connectivity index (χ0) is 39.6. The molecule has 0 atom stereocenters. The zero-order valence-corrected chi connectivity index (χ0v) is 32.5. The van der Waals surface area contributed by atoms with E-state index in [2.05, 4.69) is 175 Å². The molecule has 2 aliphatic heterocycles. The second kappa shape index (κ2) is 13.9. The standard InChI is InChI=1S/C52H36N6O2/c1-3-7-41(8-4-1)57-47-15-11-33(25-43(47)45-27-35(13-17-49(45)57)37-23-39(31-53-29-37)51-55-19-21-59-51)34-12-16-48-44(26-34)46-28-36(14-18-50(46)58(48)42-9-5-2-6-10-42)38-24-40(32-54-30-38)52-56-20-22-60-52/h1-18,23-32H,19-22H2. The van der Waals surface area contributed by atoms with Gasteiger partial charge in [-0.1, -0.05) is 60.7 Å². The molecular weight excluding hydrogens is 741 g/mol. The highest BCUT2D eigenvalue weighted by molar-refractivity contribution is 6.14. The van der Waals surface area contributed by atoms with E-state index < -0.39 is 0 Å². The van der Waals surface area contributed by atoms with Gasteiger partial charge in [0.2, 0.25) is 11.8 Å². The number of para-hydroxylation sites is 2. The van der Waals surface area contributed by atoms with E-state index in [0.29, 0.717) is 38.1 Å². The van der Waals surface area contributed by atoms with Gasteiger partial charge in [-0.15, -0.1) is 0 Å². The molecular formula is C52H36N6O2. The van der Waals surface area contributed by atoms with Crippen LogP contribution in [-0.2, 0) is 9.47 Å². The fourth-order valence-corrected chi connectivity index (χ4v) is 8.92. The summed E-state index contributed by atoms with van der Waals surface area (Å²) in [6.45, 7) is 2.56. The summed E-state index contributed by atoms with van der Waals surface area (Å²) in [4.78, 5) is 18.2. The molecule has 12 rings (SSSR count). The maximum atomic E-state index is 5.78. The van der Waals surface area contributed by atoms with Gasteiger partial charge in [-0.3, -0.25) is 9.97 Å². The second-order valence-electron chi connectivity index (χ2n) is 15.3. The molecule has 2 aliphatic rings. The molecule has 0 fully saturated rings. The molecule has 60 heavy (non-hydrogen) atoms. The van der Waals surface area contributed by atoms with Crippen LogP contribution in [0.1, 0.15) is 11.1 Å². The van der Waals surface area contributed by atoms with Crippen molar-refractivity contribution in [1.29, 1.82) is 0 Å². The van der Waals surface area contributed by atoms with E-state index in [-0.39, 0.29) is 0 Å². The molecule has 0 aliphatic carbocycles. The lowest BCUT2D eigenvalue weighted by Gasteiger charge is -2.09. The van der Waals surface area contributed by atoms with Crippen LogP contribution in [0, 0.1) is 0 Å². The Morgan fingerprint density at radius 2 is 0.700 bits per heavy atom. The van der Waals surface area contributed by atoms with Crippen molar-refractivity contribution in [2.45, 2.75) is 0 Å². The van der Waals surface area contributed by atoms with Crippen LogP contribution in [0.25, 0.3) is 88.4 Å².